The molecule has 86 valence electrons. The van der Waals surface area contributed by atoms with Crippen molar-refractivity contribution < 1.29 is 14.2 Å². The highest BCUT2D eigenvalue weighted by atomic mass is 19.1. The lowest BCUT2D eigenvalue weighted by molar-refractivity contribution is 0.198. The van der Waals surface area contributed by atoms with E-state index >= 15 is 0 Å². The van der Waals surface area contributed by atoms with Crippen molar-refractivity contribution in [3.8, 4) is 18.1 Å². The van der Waals surface area contributed by atoms with Crippen LogP contribution in [0.15, 0.2) is 18.2 Å². The zero-order valence-electron chi connectivity index (χ0n) is 9.24. The summed E-state index contributed by atoms with van der Waals surface area (Å²) < 4.78 is 18.7. The van der Waals surface area contributed by atoms with Crippen LogP contribution in [0.3, 0.4) is 0 Å². The Hall–Kier alpha value is -1.53. The smallest absolute Gasteiger partial charge is 0.165 e. The molecule has 0 radical (unpaired) electrons. The van der Waals surface area contributed by atoms with Crippen LogP contribution in [0.5, 0.6) is 5.75 Å². The summed E-state index contributed by atoms with van der Waals surface area (Å²) in [7, 11) is 0. The molecule has 0 heterocycles. The monoisotopic (exact) mass is 222 g/mol. The molecule has 1 rings (SSSR count). The van der Waals surface area contributed by atoms with Crippen LogP contribution in [0, 0.1) is 18.2 Å². The van der Waals surface area contributed by atoms with E-state index in [4.69, 9.17) is 11.2 Å². The third-order valence-electron chi connectivity index (χ3n) is 2.16. The molecule has 1 aromatic carbocycles. The topological polar surface area (TPSA) is 29.5 Å². The van der Waals surface area contributed by atoms with Gasteiger partial charge in [0.1, 0.15) is 0 Å². The van der Waals surface area contributed by atoms with Gasteiger partial charge in [0, 0.05) is 6.42 Å². The minimum atomic E-state index is -0.676. The molecule has 0 saturated carbocycles. The molecular formula is C13H15FO2. The Bertz CT molecular complexity index is 380. The molecule has 0 fully saturated rings. The molecule has 16 heavy (non-hydrogen) atoms. The normalized spacial score (nSPS) is 11.9. The van der Waals surface area contributed by atoms with Gasteiger partial charge in [-0.1, -0.05) is 6.07 Å². The van der Waals surface area contributed by atoms with Crippen molar-refractivity contribution in [3.63, 3.8) is 0 Å². The third-order valence-corrected chi connectivity index (χ3v) is 2.16. The molecule has 0 bridgehead atoms. The van der Waals surface area contributed by atoms with Crippen molar-refractivity contribution in [3.05, 3.63) is 29.6 Å². The lowest BCUT2D eigenvalue weighted by Gasteiger charge is -2.09. The van der Waals surface area contributed by atoms with Crippen molar-refractivity contribution in [2.45, 2.75) is 25.9 Å². The summed E-state index contributed by atoms with van der Waals surface area (Å²) >= 11 is 0. The van der Waals surface area contributed by atoms with Crippen molar-refractivity contribution in [1.29, 1.82) is 0 Å². The van der Waals surface area contributed by atoms with Crippen LogP contribution in [0.2, 0.25) is 0 Å². The molecule has 2 nitrogen and oxygen atoms in total. The van der Waals surface area contributed by atoms with E-state index in [1.165, 1.54) is 12.1 Å². The molecule has 1 aromatic rings. The van der Waals surface area contributed by atoms with E-state index in [0.717, 1.165) is 0 Å². The predicted octanol–water partition coefficient (Wildman–Crippen LogP) is 2.67. The first-order valence-electron chi connectivity index (χ1n) is 5.19. The second-order valence-corrected chi connectivity index (χ2v) is 3.52. The standard InChI is InChI=1S/C13H15FO2/c1-3-4-5-8-16-13-7-6-11(10(2)15)9-12(13)14/h1,6-7,9-10,15H,4-5,8H2,2H3/t10-/m1/s1. The molecule has 0 aliphatic heterocycles. The van der Waals surface area contributed by atoms with Crippen molar-refractivity contribution in [2.75, 3.05) is 6.61 Å². The van der Waals surface area contributed by atoms with Gasteiger partial charge in [-0.3, -0.25) is 0 Å². The molecule has 0 spiro atoms. The van der Waals surface area contributed by atoms with E-state index in [1.807, 2.05) is 0 Å². The van der Waals surface area contributed by atoms with E-state index in [1.54, 1.807) is 13.0 Å². The number of halogens is 1. The minimum absolute atomic E-state index is 0.196. The van der Waals surface area contributed by atoms with Crippen molar-refractivity contribution >= 4 is 0 Å². The second kappa shape index (κ2) is 6.14. The first-order chi connectivity index (χ1) is 7.65. The van der Waals surface area contributed by atoms with Crippen molar-refractivity contribution in [1.82, 2.24) is 0 Å². The van der Waals surface area contributed by atoms with E-state index in [-0.39, 0.29) is 5.75 Å². The highest BCUT2D eigenvalue weighted by Gasteiger charge is 2.07. The molecule has 1 atom stereocenters. The third kappa shape index (κ3) is 3.56. The number of terminal acetylenes is 1. The Morgan fingerprint density at radius 3 is 2.88 bits per heavy atom. The van der Waals surface area contributed by atoms with Gasteiger partial charge >= 0.3 is 0 Å². The summed E-state index contributed by atoms with van der Waals surface area (Å²) in [5.41, 5.74) is 0.536. The maximum Gasteiger partial charge on any atom is 0.165 e. The molecule has 0 aromatic heterocycles. The SMILES string of the molecule is C#CCCCOc1ccc([C@@H](C)O)cc1F. The van der Waals surface area contributed by atoms with E-state index in [0.29, 0.717) is 25.0 Å². The Morgan fingerprint density at radius 2 is 2.31 bits per heavy atom. The van der Waals surface area contributed by atoms with Crippen LogP contribution < -0.4 is 4.74 Å². The number of rotatable bonds is 5. The quantitative estimate of drug-likeness (QED) is 0.613. The number of ether oxygens (including phenoxy) is 1. The highest BCUT2D eigenvalue weighted by Crippen LogP contribution is 2.22. The first kappa shape index (κ1) is 12.5. The lowest BCUT2D eigenvalue weighted by Crippen LogP contribution is -2.00. The van der Waals surface area contributed by atoms with Crippen LogP contribution in [-0.2, 0) is 0 Å². The van der Waals surface area contributed by atoms with Gasteiger partial charge in [0.25, 0.3) is 0 Å². The summed E-state index contributed by atoms with van der Waals surface area (Å²) in [6.45, 7) is 1.98. The van der Waals surface area contributed by atoms with E-state index < -0.39 is 11.9 Å². The van der Waals surface area contributed by atoms with Crippen LogP contribution in [0.4, 0.5) is 4.39 Å². The highest BCUT2D eigenvalue weighted by molar-refractivity contribution is 5.30. The van der Waals surface area contributed by atoms with Gasteiger partial charge in [-0.15, -0.1) is 12.3 Å². The molecule has 3 heteroatoms. The summed E-state index contributed by atoms with van der Waals surface area (Å²) in [5, 5.41) is 9.26. The zero-order valence-corrected chi connectivity index (χ0v) is 9.24. The largest absolute Gasteiger partial charge is 0.490 e. The predicted molar refractivity (Wildman–Crippen MR) is 60.6 cm³/mol. The average molecular weight is 222 g/mol. The summed E-state index contributed by atoms with van der Waals surface area (Å²) in [6.07, 6.45) is 5.73. The minimum Gasteiger partial charge on any atom is -0.490 e. The first-order valence-corrected chi connectivity index (χ1v) is 5.19. The fraction of sp³-hybridized carbons (Fsp3) is 0.385. The van der Waals surface area contributed by atoms with Gasteiger partial charge in [0.05, 0.1) is 12.7 Å². The Labute approximate surface area is 95.1 Å². The number of hydrogen-bond acceptors (Lipinski definition) is 2. The maximum atomic E-state index is 13.4. The van der Waals surface area contributed by atoms with Gasteiger partial charge in [-0.05, 0) is 31.0 Å². The lowest BCUT2D eigenvalue weighted by atomic mass is 10.1. The molecule has 0 aliphatic rings. The van der Waals surface area contributed by atoms with E-state index in [2.05, 4.69) is 5.92 Å². The number of benzene rings is 1. The molecule has 0 aliphatic carbocycles. The zero-order chi connectivity index (χ0) is 12.0. The van der Waals surface area contributed by atoms with Gasteiger partial charge < -0.3 is 9.84 Å². The molecule has 0 amide bonds. The molecule has 0 unspecified atom stereocenters. The van der Waals surface area contributed by atoms with Gasteiger partial charge in [-0.25, -0.2) is 4.39 Å². The fourth-order valence-electron chi connectivity index (χ4n) is 1.25. The number of unbranched alkanes of at least 4 members (excludes halogenated alkanes) is 1. The van der Waals surface area contributed by atoms with Crippen LogP contribution >= 0.6 is 0 Å². The summed E-state index contributed by atoms with van der Waals surface area (Å²) in [4.78, 5) is 0. The Balaban J connectivity index is 2.58. The van der Waals surface area contributed by atoms with E-state index in [9.17, 15) is 9.50 Å². The van der Waals surface area contributed by atoms with Gasteiger partial charge in [-0.2, -0.15) is 0 Å². The maximum absolute atomic E-state index is 13.4. The average Bonchev–Trinajstić information content (AvgIpc) is 2.26. The number of aliphatic hydroxyl groups is 1. The summed E-state index contributed by atoms with van der Waals surface area (Å²) in [6, 6.07) is 4.44. The van der Waals surface area contributed by atoms with Crippen LogP contribution in [0.25, 0.3) is 0 Å². The molecular weight excluding hydrogens is 207 g/mol. The Morgan fingerprint density at radius 1 is 1.56 bits per heavy atom. The second-order valence-electron chi connectivity index (χ2n) is 3.52. The Kier molecular flexibility index (Phi) is 4.81. The number of aliphatic hydroxyl groups excluding tert-OH is 1. The van der Waals surface area contributed by atoms with Gasteiger partial charge in [0.2, 0.25) is 0 Å². The molecule has 1 N–H and O–H groups in total. The van der Waals surface area contributed by atoms with Crippen LogP contribution in [0.1, 0.15) is 31.4 Å². The fourth-order valence-corrected chi connectivity index (χ4v) is 1.25. The van der Waals surface area contributed by atoms with Crippen LogP contribution in [-0.4, -0.2) is 11.7 Å². The summed E-state index contributed by atoms with van der Waals surface area (Å²) in [5.74, 6) is 2.22. The van der Waals surface area contributed by atoms with Gasteiger partial charge in [0.15, 0.2) is 11.6 Å². The van der Waals surface area contributed by atoms with Crippen molar-refractivity contribution in [2.24, 2.45) is 0 Å². The number of hydrogen-bond donors (Lipinski definition) is 1. The molecule has 0 saturated heterocycles.